The number of aromatic nitrogens is 2. The molecule has 1 aliphatic carbocycles. The standard InChI is InChI=1S/C20H20ClN3O2S/c1-2-15(12-6-8-13(21)9-7-12)23-17(25)10-24-11-22-19-18(20(24)26)14-4-3-5-16(14)27-19/h6-9,11,15H,2-5,10H2,1H3,(H,23,25). The third-order valence-electron chi connectivity index (χ3n) is 5.02. The van der Waals surface area contributed by atoms with Crippen molar-refractivity contribution < 1.29 is 4.79 Å². The Balaban J connectivity index is 1.55. The zero-order valence-electron chi connectivity index (χ0n) is 15.0. The number of fused-ring (bicyclic) bond motifs is 3. The van der Waals surface area contributed by atoms with Gasteiger partial charge in [-0.3, -0.25) is 14.2 Å². The van der Waals surface area contributed by atoms with Gasteiger partial charge >= 0.3 is 0 Å². The summed E-state index contributed by atoms with van der Waals surface area (Å²) in [4.78, 5) is 31.9. The summed E-state index contributed by atoms with van der Waals surface area (Å²) in [5.74, 6) is -0.202. The summed E-state index contributed by atoms with van der Waals surface area (Å²) in [6.07, 6.45) is 5.27. The van der Waals surface area contributed by atoms with E-state index in [1.807, 2.05) is 31.2 Å². The highest BCUT2D eigenvalue weighted by Gasteiger charge is 2.22. The summed E-state index contributed by atoms with van der Waals surface area (Å²) in [5.41, 5.74) is 2.01. The summed E-state index contributed by atoms with van der Waals surface area (Å²) in [6, 6.07) is 7.32. The van der Waals surface area contributed by atoms with Crippen molar-refractivity contribution in [3.8, 4) is 0 Å². The molecule has 1 aliphatic rings. The van der Waals surface area contributed by atoms with Gasteiger partial charge in [0, 0.05) is 9.90 Å². The summed E-state index contributed by atoms with van der Waals surface area (Å²) in [5, 5.41) is 4.37. The maximum Gasteiger partial charge on any atom is 0.262 e. The molecule has 0 bridgehead atoms. The Morgan fingerprint density at radius 3 is 2.85 bits per heavy atom. The zero-order chi connectivity index (χ0) is 19.0. The van der Waals surface area contributed by atoms with Gasteiger partial charge in [0.25, 0.3) is 5.56 Å². The van der Waals surface area contributed by atoms with Crippen LogP contribution in [0.15, 0.2) is 35.4 Å². The van der Waals surface area contributed by atoms with Crippen molar-refractivity contribution in [2.45, 2.75) is 45.2 Å². The molecule has 0 saturated heterocycles. The molecule has 0 saturated carbocycles. The zero-order valence-corrected chi connectivity index (χ0v) is 16.6. The molecule has 5 nitrogen and oxygen atoms in total. The number of carbonyl (C=O) groups is 1. The van der Waals surface area contributed by atoms with E-state index < -0.39 is 0 Å². The molecule has 1 unspecified atom stereocenters. The van der Waals surface area contributed by atoms with E-state index in [0.29, 0.717) is 10.4 Å². The molecule has 4 rings (SSSR count). The van der Waals surface area contributed by atoms with E-state index in [9.17, 15) is 9.59 Å². The average molecular weight is 402 g/mol. The van der Waals surface area contributed by atoms with Crippen molar-refractivity contribution in [1.29, 1.82) is 0 Å². The minimum atomic E-state index is -0.202. The van der Waals surface area contributed by atoms with E-state index in [0.717, 1.165) is 41.6 Å². The van der Waals surface area contributed by atoms with Crippen LogP contribution in [0.4, 0.5) is 0 Å². The highest BCUT2D eigenvalue weighted by Crippen LogP contribution is 2.34. The smallest absolute Gasteiger partial charge is 0.262 e. The van der Waals surface area contributed by atoms with E-state index in [2.05, 4.69) is 10.3 Å². The second-order valence-corrected chi connectivity index (χ2v) is 8.32. The lowest BCUT2D eigenvalue weighted by Crippen LogP contribution is -2.34. The number of hydrogen-bond donors (Lipinski definition) is 1. The van der Waals surface area contributed by atoms with Gasteiger partial charge in [-0.15, -0.1) is 11.3 Å². The van der Waals surface area contributed by atoms with E-state index in [1.54, 1.807) is 11.3 Å². The molecule has 27 heavy (non-hydrogen) atoms. The van der Waals surface area contributed by atoms with Crippen molar-refractivity contribution >= 4 is 39.1 Å². The van der Waals surface area contributed by atoms with Crippen LogP contribution in [0, 0.1) is 0 Å². The lowest BCUT2D eigenvalue weighted by atomic mass is 10.0. The van der Waals surface area contributed by atoms with Crippen LogP contribution in [0.5, 0.6) is 0 Å². The number of carbonyl (C=O) groups excluding carboxylic acids is 1. The van der Waals surface area contributed by atoms with Gasteiger partial charge in [0.05, 0.1) is 17.8 Å². The second kappa shape index (κ2) is 7.44. The molecule has 140 valence electrons. The number of nitrogens with zero attached hydrogens (tertiary/aromatic N) is 2. The first-order valence-corrected chi connectivity index (χ1v) is 10.3. The summed E-state index contributed by atoms with van der Waals surface area (Å²) in [6.45, 7) is 1.98. The first-order valence-electron chi connectivity index (χ1n) is 9.11. The predicted molar refractivity (Wildman–Crippen MR) is 109 cm³/mol. The highest BCUT2D eigenvalue weighted by molar-refractivity contribution is 7.18. The Morgan fingerprint density at radius 1 is 1.33 bits per heavy atom. The van der Waals surface area contributed by atoms with E-state index >= 15 is 0 Å². The number of thiophene rings is 1. The fraction of sp³-hybridized carbons (Fsp3) is 0.350. The number of hydrogen-bond acceptors (Lipinski definition) is 4. The third kappa shape index (κ3) is 3.51. The van der Waals surface area contributed by atoms with Gasteiger partial charge in [-0.05, 0) is 48.9 Å². The average Bonchev–Trinajstić information content (AvgIpc) is 3.24. The predicted octanol–water partition coefficient (Wildman–Crippen LogP) is 3.87. The molecule has 0 aliphatic heterocycles. The minimum absolute atomic E-state index is 0.0313. The number of benzene rings is 1. The molecule has 0 radical (unpaired) electrons. The quantitative estimate of drug-likeness (QED) is 0.705. The first kappa shape index (κ1) is 18.2. The van der Waals surface area contributed by atoms with Gasteiger partial charge in [-0.25, -0.2) is 4.98 Å². The molecule has 7 heteroatoms. The fourth-order valence-corrected chi connectivity index (χ4v) is 4.99. The Morgan fingerprint density at radius 2 is 2.11 bits per heavy atom. The molecule has 1 atom stereocenters. The molecule has 1 N–H and O–H groups in total. The van der Waals surface area contributed by atoms with Crippen molar-refractivity contribution in [3.05, 3.63) is 62.0 Å². The van der Waals surface area contributed by atoms with Gasteiger partial charge in [-0.2, -0.15) is 0 Å². The number of nitrogens with one attached hydrogen (secondary N) is 1. The lowest BCUT2D eigenvalue weighted by Gasteiger charge is -2.18. The van der Waals surface area contributed by atoms with Crippen LogP contribution in [0.1, 0.15) is 41.8 Å². The maximum atomic E-state index is 12.9. The highest BCUT2D eigenvalue weighted by atomic mass is 35.5. The SMILES string of the molecule is CCC(NC(=O)Cn1cnc2sc3c(c2c1=O)CCC3)c1ccc(Cl)cc1. The number of aryl methyl sites for hydroxylation is 2. The van der Waals surface area contributed by atoms with E-state index in [-0.39, 0.29) is 24.1 Å². The largest absolute Gasteiger partial charge is 0.348 e. The summed E-state index contributed by atoms with van der Waals surface area (Å²) < 4.78 is 1.41. The molecule has 1 amide bonds. The molecule has 2 aromatic heterocycles. The van der Waals surface area contributed by atoms with E-state index in [1.165, 1.54) is 15.8 Å². The summed E-state index contributed by atoms with van der Waals surface area (Å²) >= 11 is 7.54. The van der Waals surface area contributed by atoms with Crippen LogP contribution in [0.25, 0.3) is 10.2 Å². The molecule has 0 fully saturated rings. The Labute approximate surface area is 166 Å². The fourth-order valence-electron chi connectivity index (χ4n) is 3.64. The molecular weight excluding hydrogens is 382 g/mol. The Bertz CT molecular complexity index is 1060. The minimum Gasteiger partial charge on any atom is -0.348 e. The second-order valence-electron chi connectivity index (χ2n) is 6.80. The molecule has 0 spiro atoms. The lowest BCUT2D eigenvalue weighted by molar-refractivity contribution is -0.122. The van der Waals surface area contributed by atoms with Crippen LogP contribution in [0.3, 0.4) is 0 Å². The molecule has 1 aromatic carbocycles. The van der Waals surface area contributed by atoms with Crippen LogP contribution < -0.4 is 10.9 Å². The maximum absolute atomic E-state index is 12.9. The van der Waals surface area contributed by atoms with Crippen molar-refractivity contribution in [3.63, 3.8) is 0 Å². The van der Waals surface area contributed by atoms with Crippen LogP contribution in [-0.2, 0) is 24.2 Å². The normalized spacial score (nSPS) is 14.3. The van der Waals surface area contributed by atoms with Gasteiger partial charge in [-0.1, -0.05) is 30.7 Å². The number of rotatable bonds is 5. The molecule has 3 aromatic rings. The first-order chi connectivity index (χ1) is 13.1. The van der Waals surface area contributed by atoms with Gasteiger partial charge in [0.1, 0.15) is 11.4 Å². The monoisotopic (exact) mass is 401 g/mol. The van der Waals surface area contributed by atoms with Crippen LogP contribution in [0.2, 0.25) is 5.02 Å². The van der Waals surface area contributed by atoms with Crippen molar-refractivity contribution in [1.82, 2.24) is 14.9 Å². The van der Waals surface area contributed by atoms with Crippen molar-refractivity contribution in [2.24, 2.45) is 0 Å². The summed E-state index contributed by atoms with van der Waals surface area (Å²) in [7, 11) is 0. The number of halogens is 1. The topological polar surface area (TPSA) is 64.0 Å². The Hall–Kier alpha value is -2.18. The van der Waals surface area contributed by atoms with E-state index in [4.69, 9.17) is 11.6 Å². The number of amides is 1. The Kier molecular flexibility index (Phi) is 5.02. The van der Waals surface area contributed by atoms with Crippen LogP contribution >= 0.6 is 22.9 Å². The van der Waals surface area contributed by atoms with Gasteiger partial charge in [0.15, 0.2) is 0 Å². The molecular formula is C20H20ClN3O2S. The third-order valence-corrected chi connectivity index (χ3v) is 6.47. The molecule has 2 heterocycles. The van der Waals surface area contributed by atoms with Crippen molar-refractivity contribution in [2.75, 3.05) is 0 Å². The van der Waals surface area contributed by atoms with Gasteiger partial charge < -0.3 is 5.32 Å². The van der Waals surface area contributed by atoms with Crippen LogP contribution in [-0.4, -0.2) is 15.5 Å². The van der Waals surface area contributed by atoms with Gasteiger partial charge in [0.2, 0.25) is 5.91 Å².